The van der Waals surface area contributed by atoms with E-state index in [4.69, 9.17) is 10.8 Å². The fourth-order valence-electron chi connectivity index (χ4n) is 2.74. The molecule has 0 saturated heterocycles. The fourth-order valence-corrected chi connectivity index (χ4v) is 2.74. The van der Waals surface area contributed by atoms with Gasteiger partial charge >= 0.3 is 5.97 Å². The van der Waals surface area contributed by atoms with Crippen LogP contribution in [0.4, 0.5) is 5.82 Å². The summed E-state index contributed by atoms with van der Waals surface area (Å²) in [4.78, 5) is 29.5. The molecule has 7 heteroatoms. The normalized spacial score (nSPS) is 11.2. The molecule has 0 unspecified atom stereocenters. The van der Waals surface area contributed by atoms with Gasteiger partial charge in [-0.1, -0.05) is 37.4 Å². The van der Waals surface area contributed by atoms with Gasteiger partial charge in [-0.05, 0) is 73.2 Å². The van der Waals surface area contributed by atoms with Gasteiger partial charge in [-0.15, -0.1) is 0 Å². The van der Waals surface area contributed by atoms with Gasteiger partial charge in [0.05, 0.1) is 12.3 Å². The molecule has 1 heterocycles. The smallest absolute Gasteiger partial charge is 0.303 e. The third kappa shape index (κ3) is 10.5. The number of hydrogen-bond donors (Lipinski definition) is 3. The summed E-state index contributed by atoms with van der Waals surface area (Å²) in [5.41, 5.74) is 11.1. The number of anilines is 1. The molecule has 1 aromatic heterocycles. The van der Waals surface area contributed by atoms with Crippen molar-refractivity contribution in [2.24, 2.45) is 10.7 Å². The second kappa shape index (κ2) is 14.2. The van der Waals surface area contributed by atoms with Gasteiger partial charge < -0.3 is 16.2 Å². The highest BCUT2D eigenvalue weighted by atomic mass is 16.4. The lowest BCUT2D eigenvalue weighted by atomic mass is 10.0. The Kier molecular flexibility index (Phi) is 11.7. The van der Waals surface area contributed by atoms with Crippen molar-refractivity contribution >= 4 is 29.0 Å². The van der Waals surface area contributed by atoms with Gasteiger partial charge in [0.15, 0.2) is 0 Å². The number of benzene rings is 1. The summed E-state index contributed by atoms with van der Waals surface area (Å²) in [5.74, 6) is -0.443. The molecule has 7 nitrogen and oxygen atoms in total. The monoisotopic (exact) mass is 462 g/mol. The number of aliphatic imine (C=N–C) groups is 1. The quantitative estimate of drug-likeness (QED) is 0.271. The van der Waals surface area contributed by atoms with Crippen LogP contribution in [0.5, 0.6) is 0 Å². The number of allylic oxidation sites excluding steroid dienone is 1. The highest BCUT2D eigenvalue weighted by Crippen LogP contribution is 2.16. The maximum absolute atomic E-state index is 10.7. The number of pyridine rings is 1. The number of carboxylic acids is 1. The van der Waals surface area contributed by atoms with Gasteiger partial charge in [0, 0.05) is 25.2 Å². The SMILES string of the molecule is C=C(C)C(=C)C(N)=O.CN=C(/C=C(\C)c1ccc(CCC(=O)O)cc1)CNc1cc(C)ccn1. The molecule has 34 heavy (non-hydrogen) atoms. The third-order valence-corrected chi connectivity index (χ3v) is 4.89. The van der Waals surface area contributed by atoms with Gasteiger partial charge in [0.2, 0.25) is 5.91 Å². The summed E-state index contributed by atoms with van der Waals surface area (Å²) in [5, 5.41) is 12.0. The van der Waals surface area contributed by atoms with Crippen molar-refractivity contribution < 1.29 is 14.7 Å². The van der Waals surface area contributed by atoms with Crippen molar-refractivity contribution in [2.75, 3.05) is 18.9 Å². The minimum atomic E-state index is -0.774. The number of aliphatic carboxylic acids is 1. The number of primary amides is 1. The molecule has 0 bridgehead atoms. The molecule has 0 saturated carbocycles. The number of rotatable bonds is 10. The Labute approximate surface area is 201 Å². The first kappa shape index (κ1) is 28.0. The first-order valence-electron chi connectivity index (χ1n) is 10.8. The van der Waals surface area contributed by atoms with E-state index in [2.05, 4.69) is 34.5 Å². The maximum atomic E-state index is 10.7. The Morgan fingerprint density at radius 1 is 1.18 bits per heavy atom. The van der Waals surface area contributed by atoms with Crippen LogP contribution in [0, 0.1) is 6.92 Å². The molecule has 1 aromatic carbocycles. The van der Waals surface area contributed by atoms with E-state index in [1.165, 1.54) is 0 Å². The van der Waals surface area contributed by atoms with Crippen molar-refractivity contribution in [1.29, 1.82) is 0 Å². The number of nitrogens with one attached hydrogen (secondary N) is 1. The van der Waals surface area contributed by atoms with Crippen LogP contribution in [0.1, 0.15) is 37.0 Å². The Morgan fingerprint density at radius 3 is 2.29 bits per heavy atom. The van der Waals surface area contributed by atoms with Crippen molar-refractivity contribution in [3.63, 3.8) is 0 Å². The number of aromatic nitrogens is 1. The number of nitrogens with two attached hydrogens (primary N) is 1. The van der Waals surface area contributed by atoms with Crippen LogP contribution >= 0.6 is 0 Å². The third-order valence-electron chi connectivity index (χ3n) is 4.89. The first-order chi connectivity index (χ1) is 16.0. The van der Waals surface area contributed by atoms with Crippen LogP contribution in [0.3, 0.4) is 0 Å². The number of nitrogens with zero attached hydrogens (tertiary/aromatic N) is 2. The Hall–Kier alpha value is -4.00. The summed E-state index contributed by atoms with van der Waals surface area (Å²) in [6, 6.07) is 12.0. The van der Waals surface area contributed by atoms with E-state index in [1.54, 1.807) is 20.2 Å². The molecular weight excluding hydrogens is 428 g/mol. The molecule has 0 radical (unpaired) electrons. The van der Waals surface area contributed by atoms with E-state index >= 15 is 0 Å². The van der Waals surface area contributed by atoms with Gasteiger partial charge in [-0.2, -0.15) is 0 Å². The zero-order valence-corrected chi connectivity index (χ0v) is 20.4. The molecular formula is C27H34N4O3. The van der Waals surface area contributed by atoms with E-state index in [-0.39, 0.29) is 6.42 Å². The zero-order chi connectivity index (χ0) is 25.7. The van der Waals surface area contributed by atoms with Crippen LogP contribution < -0.4 is 11.1 Å². The predicted molar refractivity (Wildman–Crippen MR) is 140 cm³/mol. The summed E-state index contributed by atoms with van der Waals surface area (Å²) >= 11 is 0. The average molecular weight is 463 g/mol. The molecule has 0 aliphatic heterocycles. The van der Waals surface area contributed by atoms with Gasteiger partial charge in [-0.3, -0.25) is 14.6 Å². The first-order valence-corrected chi connectivity index (χ1v) is 10.8. The largest absolute Gasteiger partial charge is 0.481 e. The van der Waals surface area contributed by atoms with Crippen molar-refractivity contribution in [3.05, 3.63) is 89.7 Å². The average Bonchev–Trinajstić information content (AvgIpc) is 2.80. The zero-order valence-electron chi connectivity index (χ0n) is 20.4. The Bertz CT molecular complexity index is 1070. The van der Waals surface area contributed by atoms with E-state index < -0.39 is 11.9 Å². The van der Waals surface area contributed by atoms with E-state index in [0.29, 0.717) is 24.1 Å². The molecule has 2 aromatic rings. The predicted octanol–water partition coefficient (Wildman–Crippen LogP) is 4.60. The minimum absolute atomic E-state index is 0.152. The second-order valence-corrected chi connectivity index (χ2v) is 7.83. The number of carboxylic acid groups (broad SMARTS) is 1. The molecule has 0 spiro atoms. The van der Waals surface area contributed by atoms with Crippen molar-refractivity contribution in [1.82, 2.24) is 4.98 Å². The van der Waals surface area contributed by atoms with E-state index in [0.717, 1.165) is 33.8 Å². The number of carbonyl (C=O) groups excluding carboxylic acids is 1. The Morgan fingerprint density at radius 2 is 1.82 bits per heavy atom. The van der Waals surface area contributed by atoms with Gasteiger partial charge in [-0.25, -0.2) is 4.98 Å². The van der Waals surface area contributed by atoms with Crippen LogP contribution in [0.2, 0.25) is 0 Å². The standard InChI is InChI=1S/C21H25N3O2.C6H9NO/c1-15-10-11-23-20(12-15)24-14-19(22-3)13-16(2)18-7-4-17(5-8-18)6-9-21(25)26;1-4(2)5(3)6(7)8/h4-5,7-8,10-13H,6,9,14H2,1-3H3,(H,23,24)(H,25,26);1,3H2,2H3,(H2,7,8)/b16-13+,22-19?;. The summed E-state index contributed by atoms with van der Waals surface area (Å²) < 4.78 is 0. The van der Waals surface area contributed by atoms with Gasteiger partial charge in [0.1, 0.15) is 5.82 Å². The van der Waals surface area contributed by atoms with Crippen molar-refractivity contribution in [2.45, 2.75) is 33.6 Å². The van der Waals surface area contributed by atoms with Crippen LogP contribution in [0.25, 0.3) is 5.57 Å². The lowest BCUT2D eigenvalue weighted by Gasteiger charge is -2.08. The number of carbonyl (C=O) groups is 2. The lowest BCUT2D eigenvalue weighted by Crippen LogP contribution is -2.13. The number of amides is 1. The molecule has 0 aliphatic rings. The molecule has 0 atom stereocenters. The molecule has 2 rings (SSSR count). The van der Waals surface area contributed by atoms with Crippen LogP contribution in [-0.4, -0.2) is 41.3 Å². The molecule has 0 fully saturated rings. The van der Waals surface area contributed by atoms with E-state index in [1.807, 2.05) is 50.2 Å². The van der Waals surface area contributed by atoms with Gasteiger partial charge in [0.25, 0.3) is 0 Å². The second-order valence-electron chi connectivity index (χ2n) is 7.83. The molecule has 4 N–H and O–H groups in total. The van der Waals surface area contributed by atoms with Crippen LogP contribution in [0.15, 0.2) is 78.0 Å². The maximum Gasteiger partial charge on any atom is 0.303 e. The van der Waals surface area contributed by atoms with Crippen molar-refractivity contribution in [3.8, 4) is 0 Å². The number of aryl methyl sites for hydroxylation is 2. The number of hydrogen-bond acceptors (Lipinski definition) is 5. The molecule has 180 valence electrons. The summed E-state index contributed by atoms with van der Waals surface area (Å²) in [7, 11) is 1.78. The minimum Gasteiger partial charge on any atom is -0.481 e. The lowest BCUT2D eigenvalue weighted by molar-refractivity contribution is -0.137. The topological polar surface area (TPSA) is 118 Å². The molecule has 0 aliphatic carbocycles. The summed E-state index contributed by atoms with van der Waals surface area (Å²) in [6.45, 7) is 13.2. The highest BCUT2D eigenvalue weighted by molar-refractivity contribution is 6.03. The highest BCUT2D eigenvalue weighted by Gasteiger charge is 2.03. The van der Waals surface area contributed by atoms with E-state index in [9.17, 15) is 9.59 Å². The fraction of sp³-hybridized carbons (Fsp3) is 0.259. The Balaban J connectivity index is 0.000000620. The molecule has 1 amide bonds. The van der Waals surface area contributed by atoms with Crippen LogP contribution in [-0.2, 0) is 16.0 Å². The summed E-state index contributed by atoms with van der Waals surface area (Å²) in [6.07, 6.45) is 4.54.